The molecule has 1 saturated heterocycles. The van der Waals surface area contributed by atoms with E-state index in [-0.39, 0.29) is 31.2 Å². The fourth-order valence-electron chi connectivity index (χ4n) is 3.81. The van der Waals surface area contributed by atoms with Gasteiger partial charge in [0.1, 0.15) is 11.9 Å². The number of fused-ring (bicyclic) bond motifs is 1. The topological polar surface area (TPSA) is 107 Å². The second-order valence-electron chi connectivity index (χ2n) is 8.51. The molecule has 4 rings (SSSR count). The van der Waals surface area contributed by atoms with Crippen LogP contribution in [0.3, 0.4) is 0 Å². The van der Waals surface area contributed by atoms with Crippen molar-refractivity contribution in [3.63, 3.8) is 0 Å². The van der Waals surface area contributed by atoms with Gasteiger partial charge in [-0.2, -0.15) is 0 Å². The van der Waals surface area contributed by atoms with Crippen LogP contribution >= 0.6 is 0 Å². The van der Waals surface area contributed by atoms with Crippen LogP contribution in [0, 0.1) is 5.92 Å². The number of aromatic amines is 1. The van der Waals surface area contributed by atoms with Gasteiger partial charge in [-0.3, -0.25) is 14.5 Å². The molecule has 32 heavy (non-hydrogen) atoms. The highest BCUT2D eigenvalue weighted by atomic mass is 16.2. The highest BCUT2D eigenvalue weighted by molar-refractivity contribution is 6.04. The molecule has 2 heterocycles. The Bertz CT molecular complexity index is 1140. The molecule has 1 fully saturated rings. The summed E-state index contributed by atoms with van der Waals surface area (Å²) in [4.78, 5) is 46.3. The maximum absolute atomic E-state index is 12.6. The minimum absolute atomic E-state index is 0.121. The molecule has 8 nitrogen and oxygen atoms in total. The second-order valence-corrected chi connectivity index (χ2v) is 8.51. The van der Waals surface area contributed by atoms with Gasteiger partial charge in [-0.05, 0) is 36.1 Å². The molecule has 3 N–H and O–H groups in total. The van der Waals surface area contributed by atoms with Gasteiger partial charge >= 0.3 is 6.03 Å². The summed E-state index contributed by atoms with van der Waals surface area (Å²) in [7, 11) is 0. The van der Waals surface area contributed by atoms with E-state index in [1.54, 1.807) is 0 Å². The molecule has 1 atom stereocenters. The number of imide groups is 1. The van der Waals surface area contributed by atoms with Gasteiger partial charge in [-0.15, -0.1) is 0 Å². The molecule has 0 bridgehead atoms. The van der Waals surface area contributed by atoms with Crippen LogP contribution in [-0.2, 0) is 22.6 Å². The number of nitrogens with zero attached hydrogens (tertiary/aromatic N) is 2. The minimum atomic E-state index is -0.689. The maximum atomic E-state index is 12.6. The van der Waals surface area contributed by atoms with E-state index in [1.807, 2.05) is 48.5 Å². The number of nitrogens with one attached hydrogen (secondary N) is 3. The normalized spacial score (nSPS) is 16.1. The largest absolute Gasteiger partial charge is 0.342 e. The Morgan fingerprint density at radius 1 is 1.16 bits per heavy atom. The third kappa shape index (κ3) is 4.96. The molecule has 0 aliphatic carbocycles. The Morgan fingerprint density at radius 2 is 1.94 bits per heavy atom. The zero-order valence-electron chi connectivity index (χ0n) is 18.2. The van der Waals surface area contributed by atoms with Crippen molar-refractivity contribution in [1.82, 2.24) is 20.2 Å². The molecule has 0 saturated carbocycles. The summed E-state index contributed by atoms with van der Waals surface area (Å²) in [6, 6.07) is 13.8. The van der Waals surface area contributed by atoms with Crippen LogP contribution in [0.25, 0.3) is 11.0 Å². The van der Waals surface area contributed by atoms with Crippen LogP contribution in [0.1, 0.15) is 38.1 Å². The lowest BCUT2D eigenvalue weighted by Crippen LogP contribution is -2.31. The Hall–Kier alpha value is -3.68. The molecule has 0 unspecified atom stereocenters. The first-order valence-corrected chi connectivity index (χ1v) is 10.8. The molecule has 1 aliphatic rings. The van der Waals surface area contributed by atoms with E-state index >= 15 is 0 Å². The zero-order valence-corrected chi connectivity index (χ0v) is 18.2. The number of H-pyrrole nitrogens is 1. The van der Waals surface area contributed by atoms with E-state index in [2.05, 4.69) is 34.4 Å². The lowest BCUT2D eigenvalue weighted by Gasteiger charge is -2.13. The van der Waals surface area contributed by atoms with Gasteiger partial charge in [0.2, 0.25) is 5.91 Å². The van der Waals surface area contributed by atoms with Crippen molar-refractivity contribution in [2.24, 2.45) is 5.92 Å². The van der Waals surface area contributed by atoms with E-state index < -0.39 is 12.1 Å². The fraction of sp³-hybridized carbons (Fsp3) is 0.333. The number of amides is 4. The van der Waals surface area contributed by atoms with Crippen LogP contribution in [0.5, 0.6) is 0 Å². The van der Waals surface area contributed by atoms with Crippen molar-refractivity contribution < 1.29 is 14.4 Å². The smallest absolute Gasteiger partial charge is 0.325 e. The van der Waals surface area contributed by atoms with E-state index in [4.69, 9.17) is 0 Å². The van der Waals surface area contributed by atoms with Crippen molar-refractivity contribution in [3.05, 3.63) is 59.9 Å². The first kappa shape index (κ1) is 21.5. The SMILES string of the molecule is CC(C)Cc1nc2ccc(NC(=O)CC[C@@H]3NC(=O)N(Cc4ccccc4)C3=O)cc2[nH]1. The van der Waals surface area contributed by atoms with E-state index in [0.717, 1.165) is 28.8 Å². The molecule has 8 heteroatoms. The van der Waals surface area contributed by atoms with Gasteiger partial charge in [-0.25, -0.2) is 9.78 Å². The monoisotopic (exact) mass is 433 g/mol. The minimum Gasteiger partial charge on any atom is -0.342 e. The number of rotatable bonds is 8. The summed E-state index contributed by atoms with van der Waals surface area (Å²) in [5, 5.41) is 5.54. The summed E-state index contributed by atoms with van der Waals surface area (Å²) < 4.78 is 0. The van der Waals surface area contributed by atoms with E-state index in [1.165, 1.54) is 4.90 Å². The third-order valence-corrected chi connectivity index (χ3v) is 5.37. The fourth-order valence-corrected chi connectivity index (χ4v) is 3.81. The van der Waals surface area contributed by atoms with Crippen LogP contribution in [0.2, 0.25) is 0 Å². The van der Waals surface area contributed by atoms with E-state index in [9.17, 15) is 14.4 Å². The van der Waals surface area contributed by atoms with Crippen LogP contribution < -0.4 is 10.6 Å². The first-order valence-electron chi connectivity index (χ1n) is 10.8. The lowest BCUT2D eigenvalue weighted by molar-refractivity contribution is -0.128. The van der Waals surface area contributed by atoms with Gasteiger partial charge in [0, 0.05) is 18.5 Å². The molecular formula is C24H27N5O3. The number of aromatic nitrogens is 2. The van der Waals surface area contributed by atoms with Crippen molar-refractivity contribution in [2.75, 3.05) is 5.32 Å². The van der Waals surface area contributed by atoms with Gasteiger partial charge in [0.25, 0.3) is 5.91 Å². The summed E-state index contributed by atoms with van der Waals surface area (Å²) >= 11 is 0. The van der Waals surface area contributed by atoms with Gasteiger partial charge in [0.05, 0.1) is 17.6 Å². The summed E-state index contributed by atoms with van der Waals surface area (Å²) in [5.41, 5.74) is 3.26. The zero-order chi connectivity index (χ0) is 22.7. The lowest BCUT2D eigenvalue weighted by atomic mass is 10.1. The molecular weight excluding hydrogens is 406 g/mol. The molecule has 1 aliphatic heterocycles. The molecule has 166 valence electrons. The highest BCUT2D eigenvalue weighted by Gasteiger charge is 2.37. The maximum Gasteiger partial charge on any atom is 0.325 e. The predicted octanol–water partition coefficient (Wildman–Crippen LogP) is 3.60. The Kier molecular flexibility index (Phi) is 6.20. The van der Waals surface area contributed by atoms with Crippen molar-refractivity contribution >= 4 is 34.6 Å². The quantitative estimate of drug-likeness (QED) is 0.472. The Labute approximate surface area is 186 Å². The van der Waals surface area contributed by atoms with Crippen molar-refractivity contribution in [2.45, 2.75) is 45.7 Å². The number of carbonyl (C=O) groups is 3. The van der Waals surface area contributed by atoms with Crippen LogP contribution in [0.4, 0.5) is 10.5 Å². The van der Waals surface area contributed by atoms with E-state index in [0.29, 0.717) is 11.6 Å². The molecule has 3 aromatic rings. The molecule has 4 amide bonds. The van der Waals surface area contributed by atoms with Gasteiger partial charge < -0.3 is 15.6 Å². The number of carbonyl (C=O) groups excluding carboxylic acids is 3. The molecule has 0 radical (unpaired) electrons. The average molecular weight is 434 g/mol. The number of anilines is 1. The van der Waals surface area contributed by atoms with Crippen LogP contribution in [-0.4, -0.2) is 38.8 Å². The molecule has 1 aromatic heterocycles. The van der Waals surface area contributed by atoms with Crippen LogP contribution in [0.15, 0.2) is 48.5 Å². The number of hydrogen-bond donors (Lipinski definition) is 3. The number of hydrogen-bond acceptors (Lipinski definition) is 4. The Morgan fingerprint density at radius 3 is 2.69 bits per heavy atom. The standard InChI is InChI=1S/C24H27N5O3/c1-15(2)12-21-26-18-9-8-17(13-20(18)27-21)25-22(30)11-10-19-23(31)29(24(32)28-19)14-16-6-4-3-5-7-16/h3-9,13,15,19H,10-12,14H2,1-2H3,(H,25,30)(H,26,27)(H,28,32)/t19-/m0/s1. The molecule has 0 spiro atoms. The average Bonchev–Trinajstić information content (AvgIpc) is 3.27. The Balaban J connectivity index is 1.32. The highest BCUT2D eigenvalue weighted by Crippen LogP contribution is 2.20. The molecule has 2 aromatic carbocycles. The van der Waals surface area contributed by atoms with Crippen molar-refractivity contribution in [1.29, 1.82) is 0 Å². The van der Waals surface area contributed by atoms with Gasteiger partial charge in [0.15, 0.2) is 0 Å². The summed E-state index contributed by atoms with van der Waals surface area (Å²) in [6.07, 6.45) is 1.22. The third-order valence-electron chi connectivity index (χ3n) is 5.37. The van der Waals surface area contributed by atoms with Crippen molar-refractivity contribution in [3.8, 4) is 0 Å². The number of imidazole rings is 1. The number of urea groups is 1. The summed E-state index contributed by atoms with van der Waals surface area (Å²) in [6.45, 7) is 4.49. The second kappa shape index (κ2) is 9.21. The first-order chi connectivity index (χ1) is 15.4. The van der Waals surface area contributed by atoms with Gasteiger partial charge in [-0.1, -0.05) is 44.2 Å². The predicted molar refractivity (Wildman–Crippen MR) is 122 cm³/mol. The number of benzene rings is 2. The summed E-state index contributed by atoms with van der Waals surface area (Å²) in [5.74, 6) is 0.907.